The van der Waals surface area contributed by atoms with E-state index >= 15 is 0 Å². The number of hydrogen-bond acceptors (Lipinski definition) is 3. The summed E-state index contributed by atoms with van der Waals surface area (Å²) in [6.45, 7) is 3.17. The molecule has 102 valence electrons. The third-order valence-corrected chi connectivity index (χ3v) is 2.91. The van der Waals surface area contributed by atoms with Crippen molar-refractivity contribution in [3.05, 3.63) is 35.9 Å². The van der Waals surface area contributed by atoms with Crippen LogP contribution in [-0.2, 0) is 4.74 Å². The molecule has 0 spiro atoms. The smallest absolute Gasteiger partial charge is 0.0791 e. The van der Waals surface area contributed by atoms with Crippen molar-refractivity contribution in [2.24, 2.45) is 0 Å². The Bertz CT molecular complexity index is 300. The molecule has 0 amide bonds. The molecule has 0 aromatic heterocycles. The fourth-order valence-electron chi connectivity index (χ4n) is 1.74. The SMILES string of the molecule is CCCCOCC(O)CCC(O)c1ccccc1. The summed E-state index contributed by atoms with van der Waals surface area (Å²) in [7, 11) is 0. The molecule has 0 bridgehead atoms. The van der Waals surface area contributed by atoms with E-state index in [2.05, 4.69) is 6.92 Å². The van der Waals surface area contributed by atoms with Crippen LogP contribution < -0.4 is 0 Å². The second kappa shape index (κ2) is 9.09. The topological polar surface area (TPSA) is 49.7 Å². The number of aliphatic hydroxyl groups is 2. The van der Waals surface area contributed by atoms with Crippen molar-refractivity contribution in [2.45, 2.75) is 44.8 Å². The first-order valence-electron chi connectivity index (χ1n) is 6.72. The van der Waals surface area contributed by atoms with Crippen LogP contribution in [0.2, 0.25) is 0 Å². The van der Waals surface area contributed by atoms with Gasteiger partial charge in [-0.25, -0.2) is 0 Å². The molecule has 3 nitrogen and oxygen atoms in total. The van der Waals surface area contributed by atoms with E-state index in [1.165, 1.54) is 0 Å². The van der Waals surface area contributed by atoms with Gasteiger partial charge in [0.05, 0.1) is 18.8 Å². The van der Waals surface area contributed by atoms with Gasteiger partial charge < -0.3 is 14.9 Å². The first kappa shape index (κ1) is 15.2. The summed E-state index contributed by atoms with van der Waals surface area (Å²) in [6, 6.07) is 9.53. The summed E-state index contributed by atoms with van der Waals surface area (Å²) in [5.41, 5.74) is 0.900. The van der Waals surface area contributed by atoms with Crippen LogP contribution in [0.25, 0.3) is 0 Å². The maximum atomic E-state index is 9.93. The third kappa shape index (κ3) is 6.15. The quantitative estimate of drug-likeness (QED) is 0.664. The van der Waals surface area contributed by atoms with E-state index in [9.17, 15) is 10.2 Å². The lowest BCUT2D eigenvalue weighted by molar-refractivity contribution is 0.0228. The second-order valence-electron chi connectivity index (χ2n) is 4.59. The van der Waals surface area contributed by atoms with Crippen LogP contribution in [0.1, 0.15) is 44.3 Å². The minimum atomic E-state index is -0.503. The van der Waals surface area contributed by atoms with Gasteiger partial charge in [0.1, 0.15) is 0 Å². The summed E-state index contributed by atoms with van der Waals surface area (Å²) in [5.74, 6) is 0. The Morgan fingerprint density at radius 3 is 2.50 bits per heavy atom. The Morgan fingerprint density at radius 2 is 1.83 bits per heavy atom. The number of benzene rings is 1. The van der Waals surface area contributed by atoms with Crippen molar-refractivity contribution in [1.82, 2.24) is 0 Å². The largest absolute Gasteiger partial charge is 0.391 e. The van der Waals surface area contributed by atoms with Crippen LogP contribution in [0.3, 0.4) is 0 Å². The summed E-state index contributed by atoms with van der Waals surface area (Å²) in [5, 5.41) is 19.6. The third-order valence-electron chi connectivity index (χ3n) is 2.91. The predicted octanol–water partition coefficient (Wildman–Crippen LogP) is 2.68. The molecule has 0 aliphatic rings. The lowest BCUT2D eigenvalue weighted by Crippen LogP contribution is -2.16. The van der Waals surface area contributed by atoms with Gasteiger partial charge in [-0.15, -0.1) is 0 Å². The summed E-state index contributed by atoms with van der Waals surface area (Å²) in [4.78, 5) is 0. The molecule has 1 aromatic rings. The molecule has 0 heterocycles. The fourth-order valence-corrected chi connectivity index (χ4v) is 1.74. The Kier molecular flexibility index (Phi) is 7.65. The van der Waals surface area contributed by atoms with Crippen molar-refractivity contribution in [3.8, 4) is 0 Å². The van der Waals surface area contributed by atoms with Gasteiger partial charge in [-0.3, -0.25) is 0 Å². The fraction of sp³-hybridized carbons (Fsp3) is 0.600. The highest BCUT2D eigenvalue weighted by atomic mass is 16.5. The van der Waals surface area contributed by atoms with E-state index in [0.717, 1.165) is 18.4 Å². The lowest BCUT2D eigenvalue weighted by atomic mass is 10.0. The van der Waals surface area contributed by atoms with Gasteiger partial charge >= 0.3 is 0 Å². The molecule has 18 heavy (non-hydrogen) atoms. The van der Waals surface area contributed by atoms with Gasteiger partial charge in [0.15, 0.2) is 0 Å². The Labute approximate surface area is 109 Å². The van der Waals surface area contributed by atoms with Crippen LogP contribution in [-0.4, -0.2) is 29.5 Å². The number of hydrogen-bond donors (Lipinski definition) is 2. The zero-order chi connectivity index (χ0) is 13.2. The van der Waals surface area contributed by atoms with Gasteiger partial charge in [-0.1, -0.05) is 43.7 Å². The molecule has 2 unspecified atom stereocenters. The molecule has 0 saturated carbocycles. The van der Waals surface area contributed by atoms with Gasteiger partial charge in [-0.2, -0.15) is 0 Å². The summed E-state index contributed by atoms with van der Waals surface area (Å²) >= 11 is 0. The standard InChI is InChI=1S/C15H24O3/c1-2-3-11-18-12-14(16)9-10-15(17)13-7-5-4-6-8-13/h4-8,14-17H,2-3,9-12H2,1H3. The first-order chi connectivity index (χ1) is 8.74. The van der Waals surface area contributed by atoms with Crippen LogP contribution in [0.5, 0.6) is 0 Å². The lowest BCUT2D eigenvalue weighted by Gasteiger charge is -2.14. The monoisotopic (exact) mass is 252 g/mol. The second-order valence-corrected chi connectivity index (χ2v) is 4.59. The molecular weight excluding hydrogens is 228 g/mol. The molecule has 1 aromatic carbocycles. The van der Waals surface area contributed by atoms with E-state index < -0.39 is 12.2 Å². The van der Waals surface area contributed by atoms with Gasteiger partial charge in [-0.05, 0) is 24.8 Å². The molecule has 2 atom stereocenters. The molecule has 1 rings (SSSR count). The van der Waals surface area contributed by atoms with Crippen molar-refractivity contribution < 1.29 is 14.9 Å². The highest BCUT2D eigenvalue weighted by Gasteiger charge is 2.10. The van der Waals surface area contributed by atoms with Crippen LogP contribution >= 0.6 is 0 Å². The van der Waals surface area contributed by atoms with Gasteiger partial charge in [0.2, 0.25) is 0 Å². The molecule has 0 fully saturated rings. The minimum absolute atomic E-state index is 0.363. The predicted molar refractivity (Wildman–Crippen MR) is 72.4 cm³/mol. The van der Waals surface area contributed by atoms with Crippen LogP contribution in [0.4, 0.5) is 0 Å². The van der Waals surface area contributed by atoms with Gasteiger partial charge in [0, 0.05) is 6.61 Å². The van der Waals surface area contributed by atoms with Crippen molar-refractivity contribution in [3.63, 3.8) is 0 Å². The van der Waals surface area contributed by atoms with Crippen LogP contribution in [0.15, 0.2) is 30.3 Å². The van der Waals surface area contributed by atoms with E-state index in [1.54, 1.807) is 0 Å². The van der Waals surface area contributed by atoms with Crippen molar-refractivity contribution >= 4 is 0 Å². The molecule has 3 heteroatoms. The zero-order valence-electron chi connectivity index (χ0n) is 11.1. The summed E-state index contributed by atoms with van der Waals surface area (Å²) in [6.07, 6.45) is 2.25. The number of unbranched alkanes of at least 4 members (excludes halogenated alkanes) is 1. The van der Waals surface area contributed by atoms with Crippen molar-refractivity contribution in [1.29, 1.82) is 0 Å². The minimum Gasteiger partial charge on any atom is -0.391 e. The Morgan fingerprint density at radius 1 is 1.11 bits per heavy atom. The van der Waals surface area contributed by atoms with Gasteiger partial charge in [0.25, 0.3) is 0 Å². The molecule has 0 radical (unpaired) electrons. The normalized spacial score (nSPS) is 14.4. The highest BCUT2D eigenvalue weighted by molar-refractivity contribution is 5.17. The number of rotatable bonds is 9. The molecule has 0 aliphatic carbocycles. The number of aliphatic hydroxyl groups excluding tert-OH is 2. The highest BCUT2D eigenvalue weighted by Crippen LogP contribution is 2.18. The molecule has 0 saturated heterocycles. The maximum Gasteiger partial charge on any atom is 0.0791 e. The Hall–Kier alpha value is -0.900. The number of ether oxygens (including phenoxy) is 1. The molecular formula is C15H24O3. The zero-order valence-corrected chi connectivity index (χ0v) is 11.1. The molecule has 0 aliphatic heterocycles. The van der Waals surface area contributed by atoms with E-state index in [1.807, 2.05) is 30.3 Å². The van der Waals surface area contributed by atoms with E-state index in [-0.39, 0.29) is 0 Å². The summed E-state index contributed by atoms with van der Waals surface area (Å²) < 4.78 is 5.34. The average Bonchev–Trinajstić information content (AvgIpc) is 2.42. The van der Waals surface area contributed by atoms with Crippen LogP contribution in [0, 0.1) is 0 Å². The van der Waals surface area contributed by atoms with E-state index in [0.29, 0.717) is 26.1 Å². The average molecular weight is 252 g/mol. The Balaban J connectivity index is 2.16. The molecule has 2 N–H and O–H groups in total. The first-order valence-corrected chi connectivity index (χ1v) is 6.72. The van der Waals surface area contributed by atoms with E-state index in [4.69, 9.17) is 4.74 Å². The van der Waals surface area contributed by atoms with Crippen molar-refractivity contribution in [2.75, 3.05) is 13.2 Å². The maximum absolute atomic E-state index is 9.93.